The van der Waals surface area contributed by atoms with Crippen LogP contribution in [0, 0.1) is 23.2 Å². The second-order valence-electron chi connectivity index (χ2n) is 5.92. The molecule has 4 N–H and O–H groups in total. The zero-order valence-corrected chi connectivity index (χ0v) is 13.0. The maximum absolute atomic E-state index is 11.4. The number of carboxylic acids is 4. The van der Waals surface area contributed by atoms with Crippen molar-refractivity contribution in [2.24, 2.45) is 23.2 Å². The Balaban J connectivity index is 3.22. The molecule has 0 aliphatic heterocycles. The van der Waals surface area contributed by atoms with Crippen molar-refractivity contribution in [3.63, 3.8) is 0 Å². The minimum absolute atomic E-state index is 0.00852. The third kappa shape index (κ3) is 4.13. The van der Waals surface area contributed by atoms with Crippen molar-refractivity contribution in [1.29, 1.82) is 0 Å². The Morgan fingerprint density at radius 1 is 1.00 bits per heavy atom. The van der Waals surface area contributed by atoms with E-state index in [2.05, 4.69) is 0 Å². The van der Waals surface area contributed by atoms with Crippen molar-refractivity contribution < 1.29 is 39.6 Å². The van der Waals surface area contributed by atoms with Crippen LogP contribution < -0.4 is 0 Å². The Hall–Kier alpha value is -1.83. The highest BCUT2D eigenvalue weighted by molar-refractivity contribution is 6.17. The van der Waals surface area contributed by atoms with Gasteiger partial charge in [0.1, 0.15) is 0 Å². The van der Waals surface area contributed by atoms with Gasteiger partial charge in [-0.2, -0.15) is 0 Å². The maximum atomic E-state index is 11.4. The van der Waals surface area contributed by atoms with E-state index in [0.717, 1.165) is 0 Å². The molecule has 0 bridgehead atoms. The minimum atomic E-state index is -1.74. The van der Waals surface area contributed by atoms with Crippen molar-refractivity contribution in [1.82, 2.24) is 0 Å². The number of carbonyl (C=O) groups is 4. The molecule has 0 aromatic rings. The molecule has 0 saturated heterocycles. The Bertz CT molecular complexity index is 473. The number of hydrogen-bond acceptors (Lipinski definition) is 4. The highest BCUT2D eigenvalue weighted by Crippen LogP contribution is 2.50. The minimum Gasteiger partial charge on any atom is -0.481 e. The van der Waals surface area contributed by atoms with Crippen molar-refractivity contribution in [2.75, 3.05) is 5.88 Å². The molecule has 1 aliphatic carbocycles. The smallest absolute Gasteiger partial charge is 0.318 e. The van der Waals surface area contributed by atoms with Crippen LogP contribution in [0.2, 0.25) is 0 Å². The first-order valence-corrected chi connectivity index (χ1v) is 7.67. The van der Waals surface area contributed by atoms with Crippen LogP contribution in [0.1, 0.15) is 32.1 Å². The van der Waals surface area contributed by atoms with Crippen molar-refractivity contribution in [2.45, 2.75) is 32.1 Å². The number of hydrogen-bond donors (Lipinski definition) is 4. The highest BCUT2D eigenvalue weighted by atomic mass is 35.5. The van der Waals surface area contributed by atoms with Crippen LogP contribution in [-0.2, 0) is 19.2 Å². The molecule has 0 aromatic heterocycles. The Labute approximate surface area is 137 Å². The van der Waals surface area contributed by atoms with Crippen LogP contribution in [0.15, 0.2) is 0 Å². The molecule has 2 unspecified atom stereocenters. The average molecular weight is 351 g/mol. The van der Waals surface area contributed by atoms with Gasteiger partial charge >= 0.3 is 23.9 Å². The summed E-state index contributed by atoms with van der Waals surface area (Å²) in [5.74, 6) is -10.3. The fourth-order valence-corrected chi connectivity index (χ4v) is 4.06. The van der Waals surface area contributed by atoms with E-state index in [1.54, 1.807) is 0 Å². The van der Waals surface area contributed by atoms with Gasteiger partial charge in [-0.15, -0.1) is 11.6 Å². The average Bonchev–Trinajstić information content (AvgIpc) is 2.36. The van der Waals surface area contributed by atoms with E-state index in [4.69, 9.17) is 21.8 Å². The van der Waals surface area contributed by atoms with E-state index < -0.39 is 47.0 Å². The van der Waals surface area contributed by atoms with Crippen LogP contribution in [-0.4, -0.2) is 50.2 Å². The van der Waals surface area contributed by atoms with Crippen molar-refractivity contribution in [3.8, 4) is 0 Å². The van der Waals surface area contributed by atoms with Crippen molar-refractivity contribution in [3.05, 3.63) is 0 Å². The summed E-state index contributed by atoms with van der Waals surface area (Å²) in [6, 6.07) is 0. The molecule has 0 spiro atoms. The summed E-state index contributed by atoms with van der Waals surface area (Å²) in [4.78, 5) is 45.2. The van der Waals surface area contributed by atoms with Gasteiger partial charge in [0, 0.05) is 5.88 Å². The van der Waals surface area contributed by atoms with Crippen LogP contribution in [0.4, 0.5) is 0 Å². The van der Waals surface area contributed by atoms with E-state index in [-0.39, 0.29) is 25.1 Å². The molecule has 1 saturated carbocycles. The molecule has 8 nitrogen and oxygen atoms in total. The van der Waals surface area contributed by atoms with Gasteiger partial charge in [-0.05, 0) is 37.0 Å². The van der Waals surface area contributed by atoms with Gasteiger partial charge in [0.15, 0.2) is 11.8 Å². The molecule has 1 rings (SSSR count). The summed E-state index contributed by atoms with van der Waals surface area (Å²) < 4.78 is 0. The summed E-state index contributed by atoms with van der Waals surface area (Å²) in [5.41, 5.74) is -1.24. The monoisotopic (exact) mass is 350 g/mol. The normalized spacial score (nSPS) is 24.6. The predicted molar refractivity (Wildman–Crippen MR) is 77.3 cm³/mol. The van der Waals surface area contributed by atoms with Crippen LogP contribution in [0.3, 0.4) is 0 Å². The molecular formula is C14H19ClO8. The quantitative estimate of drug-likeness (QED) is 0.378. The third-order valence-corrected chi connectivity index (χ3v) is 4.81. The lowest BCUT2D eigenvalue weighted by Gasteiger charge is -2.43. The standard InChI is InChI=1S/C14H19ClO8/c15-5-4-14(9(12(20)21)13(22)23)3-1-2-7(6-14)8(10(16)17)11(18)19/h7-9H,1-6H2,(H,16,17)(H,18,19)(H,20,21)(H,22,23). The lowest BCUT2D eigenvalue weighted by Crippen LogP contribution is -2.47. The fourth-order valence-electron chi connectivity index (χ4n) is 3.69. The maximum Gasteiger partial charge on any atom is 0.318 e. The lowest BCUT2D eigenvalue weighted by molar-refractivity contribution is -0.165. The predicted octanol–water partition coefficient (Wildman–Crippen LogP) is 1.36. The molecule has 2 atom stereocenters. The number of rotatable bonds is 8. The molecule has 0 amide bonds. The molecule has 130 valence electrons. The zero-order chi connectivity index (χ0) is 17.8. The van der Waals surface area contributed by atoms with Crippen molar-refractivity contribution >= 4 is 35.5 Å². The molecule has 9 heteroatoms. The third-order valence-electron chi connectivity index (χ3n) is 4.62. The first kappa shape index (κ1) is 19.2. The van der Waals surface area contributed by atoms with E-state index >= 15 is 0 Å². The second-order valence-corrected chi connectivity index (χ2v) is 6.30. The van der Waals surface area contributed by atoms with Gasteiger partial charge in [-0.25, -0.2) is 0 Å². The van der Waals surface area contributed by atoms with Gasteiger partial charge in [0.2, 0.25) is 0 Å². The highest BCUT2D eigenvalue weighted by Gasteiger charge is 2.52. The van der Waals surface area contributed by atoms with Crippen LogP contribution in [0.5, 0.6) is 0 Å². The van der Waals surface area contributed by atoms with E-state index in [1.807, 2.05) is 0 Å². The summed E-state index contributed by atoms with van der Waals surface area (Å²) in [6.45, 7) is 0. The summed E-state index contributed by atoms with van der Waals surface area (Å²) in [5, 5.41) is 36.8. The molecule has 1 fully saturated rings. The van der Waals surface area contributed by atoms with Crippen LogP contribution >= 0.6 is 11.6 Å². The molecule has 0 heterocycles. The topological polar surface area (TPSA) is 149 Å². The van der Waals surface area contributed by atoms with E-state index in [0.29, 0.717) is 12.8 Å². The Kier molecular flexibility index (Phi) is 6.37. The number of carboxylic acid groups (broad SMARTS) is 4. The molecular weight excluding hydrogens is 332 g/mol. The zero-order valence-electron chi connectivity index (χ0n) is 12.3. The van der Waals surface area contributed by atoms with E-state index in [1.165, 1.54) is 0 Å². The fraction of sp³-hybridized carbons (Fsp3) is 0.714. The summed E-state index contributed by atoms with van der Waals surface area (Å²) in [7, 11) is 0. The van der Waals surface area contributed by atoms with Gasteiger partial charge in [0.05, 0.1) is 0 Å². The Morgan fingerprint density at radius 2 is 1.52 bits per heavy atom. The SMILES string of the molecule is O=C(O)C(C(=O)O)C1CCCC(CCCl)(C(C(=O)O)C(=O)O)C1. The van der Waals surface area contributed by atoms with Gasteiger partial charge in [0.25, 0.3) is 0 Å². The van der Waals surface area contributed by atoms with E-state index in [9.17, 15) is 29.4 Å². The molecule has 0 radical (unpaired) electrons. The number of halogens is 1. The molecule has 0 aromatic carbocycles. The van der Waals surface area contributed by atoms with Gasteiger partial charge < -0.3 is 20.4 Å². The first-order valence-electron chi connectivity index (χ1n) is 7.13. The van der Waals surface area contributed by atoms with Gasteiger partial charge in [-0.3, -0.25) is 19.2 Å². The Morgan fingerprint density at radius 3 is 1.91 bits per heavy atom. The second kappa shape index (κ2) is 7.63. The first-order chi connectivity index (χ1) is 10.7. The lowest BCUT2D eigenvalue weighted by atomic mass is 9.59. The number of aliphatic carboxylic acids is 4. The molecule has 1 aliphatic rings. The van der Waals surface area contributed by atoms with Crippen LogP contribution in [0.25, 0.3) is 0 Å². The number of alkyl halides is 1. The summed E-state index contributed by atoms with van der Waals surface area (Å²) in [6.07, 6.45) is 0.868. The largest absolute Gasteiger partial charge is 0.481 e. The molecule has 23 heavy (non-hydrogen) atoms. The summed E-state index contributed by atoms with van der Waals surface area (Å²) >= 11 is 5.71. The van der Waals surface area contributed by atoms with Gasteiger partial charge in [-0.1, -0.05) is 6.42 Å².